The van der Waals surface area contributed by atoms with Crippen molar-refractivity contribution in [2.75, 3.05) is 44.6 Å². The highest BCUT2D eigenvalue weighted by molar-refractivity contribution is 5.89. The van der Waals surface area contributed by atoms with Crippen molar-refractivity contribution in [3.05, 3.63) is 24.5 Å². The molecule has 0 bridgehead atoms. The van der Waals surface area contributed by atoms with Crippen LogP contribution in [0.3, 0.4) is 0 Å². The first-order valence-electron chi connectivity index (χ1n) is 6.18. The first-order chi connectivity index (χ1) is 8.79. The molecular formula is C12H19N5O. The number of aromatic nitrogens is 1. The van der Waals surface area contributed by atoms with Crippen molar-refractivity contribution < 1.29 is 4.79 Å². The maximum Gasteiger partial charge on any atom is 0.321 e. The first kappa shape index (κ1) is 12.8. The Bertz CT molecular complexity index is 375. The van der Waals surface area contributed by atoms with Crippen LogP contribution in [-0.2, 0) is 0 Å². The third kappa shape index (κ3) is 3.41. The van der Waals surface area contributed by atoms with Crippen LogP contribution >= 0.6 is 0 Å². The van der Waals surface area contributed by atoms with Gasteiger partial charge < -0.3 is 16.0 Å². The number of anilines is 1. The molecule has 2 amide bonds. The lowest BCUT2D eigenvalue weighted by Gasteiger charge is -2.34. The molecule has 1 fully saturated rings. The van der Waals surface area contributed by atoms with Gasteiger partial charge in [0, 0.05) is 45.5 Å². The third-order valence-corrected chi connectivity index (χ3v) is 3.02. The van der Waals surface area contributed by atoms with Crippen LogP contribution in [0.15, 0.2) is 24.5 Å². The van der Waals surface area contributed by atoms with Crippen LogP contribution in [0, 0.1) is 0 Å². The van der Waals surface area contributed by atoms with Crippen molar-refractivity contribution in [2.24, 2.45) is 5.73 Å². The normalized spacial score (nSPS) is 16.6. The van der Waals surface area contributed by atoms with E-state index in [1.165, 1.54) is 0 Å². The summed E-state index contributed by atoms with van der Waals surface area (Å²) in [6, 6.07) is 3.57. The molecule has 0 radical (unpaired) electrons. The lowest BCUT2D eigenvalue weighted by atomic mass is 10.3. The number of hydrogen-bond donors (Lipinski definition) is 2. The summed E-state index contributed by atoms with van der Waals surface area (Å²) in [4.78, 5) is 20.0. The van der Waals surface area contributed by atoms with Gasteiger partial charge in [-0.2, -0.15) is 0 Å². The molecule has 0 atom stereocenters. The minimum Gasteiger partial charge on any atom is -0.329 e. The Balaban J connectivity index is 1.81. The van der Waals surface area contributed by atoms with Gasteiger partial charge in [0.1, 0.15) is 0 Å². The number of carbonyl (C=O) groups excluding carboxylic acids is 1. The lowest BCUT2D eigenvalue weighted by molar-refractivity contribution is 0.149. The molecule has 0 aliphatic carbocycles. The lowest BCUT2D eigenvalue weighted by Crippen LogP contribution is -2.50. The van der Waals surface area contributed by atoms with E-state index < -0.39 is 0 Å². The summed E-state index contributed by atoms with van der Waals surface area (Å²) in [7, 11) is 0. The number of rotatable bonds is 3. The van der Waals surface area contributed by atoms with Gasteiger partial charge in [-0.3, -0.25) is 9.88 Å². The Morgan fingerprint density at radius 1 is 1.39 bits per heavy atom. The maximum atomic E-state index is 12.0. The maximum absolute atomic E-state index is 12.0. The van der Waals surface area contributed by atoms with E-state index in [1.807, 2.05) is 11.0 Å². The molecule has 6 heteroatoms. The molecule has 1 aromatic heterocycles. The topological polar surface area (TPSA) is 74.5 Å². The van der Waals surface area contributed by atoms with E-state index in [1.54, 1.807) is 18.5 Å². The molecule has 0 unspecified atom stereocenters. The van der Waals surface area contributed by atoms with Gasteiger partial charge in [-0.15, -0.1) is 0 Å². The van der Waals surface area contributed by atoms with Gasteiger partial charge in [-0.25, -0.2) is 4.79 Å². The van der Waals surface area contributed by atoms with Crippen LogP contribution < -0.4 is 11.1 Å². The van der Waals surface area contributed by atoms with Crippen molar-refractivity contribution in [3.63, 3.8) is 0 Å². The molecule has 2 rings (SSSR count). The third-order valence-electron chi connectivity index (χ3n) is 3.02. The number of amides is 2. The van der Waals surface area contributed by atoms with E-state index >= 15 is 0 Å². The van der Waals surface area contributed by atoms with Gasteiger partial charge in [-0.1, -0.05) is 0 Å². The molecule has 18 heavy (non-hydrogen) atoms. The summed E-state index contributed by atoms with van der Waals surface area (Å²) in [5.41, 5.74) is 6.24. The number of nitrogens with one attached hydrogen (secondary N) is 1. The van der Waals surface area contributed by atoms with Crippen molar-refractivity contribution in [1.82, 2.24) is 14.8 Å². The van der Waals surface area contributed by atoms with E-state index in [4.69, 9.17) is 5.73 Å². The molecule has 1 aliphatic rings. The van der Waals surface area contributed by atoms with Gasteiger partial charge in [-0.05, 0) is 12.1 Å². The van der Waals surface area contributed by atoms with E-state index in [-0.39, 0.29) is 6.03 Å². The quantitative estimate of drug-likeness (QED) is 0.802. The summed E-state index contributed by atoms with van der Waals surface area (Å²) in [5, 5.41) is 2.84. The van der Waals surface area contributed by atoms with E-state index in [9.17, 15) is 4.79 Å². The van der Waals surface area contributed by atoms with Crippen molar-refractivity contribution >= 4 is 11.7 Å². The molecule has 1 saturated heterocycles. The van der Waals surface area contributed by atoms with E-state index in [2.05, 4.69) is 15.2 Å². The fraction of sp³-hybridized carbons (Fsp3) is 0.500. The molecule has 1 aliphatic heterocycles. The number of pyridine rings is 1. The van der Waals surface area contributed by atoms with E-state index in [0.29, 0.717) is 6.54 Å². The highest BCUT2D eigenvalue weighted by Crippen LogP contribution is 2.07. The number of nitrogens with zero attached hydrogens (tertiary/aromatic N) is 3. The average molecular weight is 249 g/mol. The second-order valence-corrected chi connectivity index (χ2v) is 4.29. The van der Waals surface area contributed by atoms with Gasteiger partial charge in [0.25, 0.3) is 0 Å². The highest BCUT2D eigenvalue weighted by Gasteiger charge is 2.20. The largest absolute Gasteiger partial charge is 0.329 e. The molecule has 98 valence electrons. The number of carbonyl (C=O) groups is 1. The van der Waals surface area contributed by atoms with Crippen LogP contribution in [0.2, 0.25) is 0 Å². The predicted molar refractivity (Wildman–Crippen MR) is 70.3 cm³/mol. The Morgan fingerprint density at radius 3 is 2.78 bits per heavy atom. The molecule has 0 saturated carbocycles. The summed E-state index contributed by atoms with van der Waals surface area (Å²) in [5.74, 6) is 0. The van der Waals surface area contributed by atoms with Gasteiger partial charge in [0.15, 0.2) is 0 Å². The van der Waals surface area contributed by atoms with Gasteiger partial charge in [0.2, 0.25) is 0 Å². The molecule has 2 heterocycles. The minimum atomic E-state index is -0.0598. The summed E-state index contributed by atoms with van der Waals surface area (Å²) >= 11 is 0. The molecular weight excluding hydrogens is 230 g/mol. The zero-order valence-electron chi connectivity index (χ0n) is 10.4. The Hall–Kier alpha value is -1.66. The van der Waals surface area contributed by atoms with Crippen LogP contribution in [0.4, 0.5) is 10.5 Å². The van der Waals surface area contributed by atoms with Crippen LogP contribution in [0.5, 0.6) is 0 Å². The molecule has 0 spiro atoms. The van der Waals surface area contributed by atoms with Crippen molar-refractivity contribution in [3.8, 4) is 0 Å². The van der Waals surface area contributed by atoms with Crippen molar-refractivity contribution in [1.29, 1.82) is 0 Å². The smallest absolute Gasteiger partial charge is 0.321 e. The number of urea groups is 1. The predicted octanol–water partition coefficient (Wildman–Crippen LogP) is 0.190. The second-order valence-electron chi connectivity index (χ2n) is 4.29. The first-order valence-corrected chi connectivity index (χ1v) is 6.18. The fourth-order valence-corrected chi connectivity index (χ4v) is 2.00. The Morgan fingerprint density at radius 2 is 2.17 bits per heavy atom. The zero-order chi connectivity index (χ0) is 12.8. The summed E-state index contributed by atoms with van der Waals surface area (Å²) in [6.45, 7) is 4.83. The summed E-state index contributed by atoms with van der Waals surface area (Å²) < 4.78 is 0. The van der Waals surface area contributed by atoms with Crippen LogP contribution in [0.25, 0.3) is 0 Å². The second kappa shape index (κ2) is 6.32. The molecule has 1 aromatic rings. The Kier molecular flexibility index (Phi) is 4.49. The highest BCUT2D eigenvalue weighted by atomic mass is 16.2. The standard InChI is InChI=1S/C12H19N5O/c13-3-5-16-6-8-17(9-7-16)12(18)15-11-2-1-4-14-10-11/h1-2,4,10H,3,5-9,13H2,(H,15,18). The molecule has 3 N–H and O–H groups in total. The molecule has 6 nitrogen and oxygen atoms in total. The summed E-state index contributed by atoms with van der Waals surface area (Å²) in [6.07, 6.45) is 3.32. The SMILES string of the molecule is NCCN1CCN(C(=O)Nc2cccnc2)CC1. The zero-order valence-corrected chi connectivity index (χ0v) is 10.4. The monoisotopic (exact) mass is 249 g/mol. The number of hydrogen-bond acceptors (Lipinski definition) is 4. The number of nitrogens with two attached hydrogens (primary N) is 1. The number of piperazine rings is 1. The molecule has 0 aromatic carbocycles. The minimum absolute atomic E-state index is 0.0598. The Labute approximate surface area is 107 Å². The van der Waals surface area contributed by atoms with Crippen molar-refractivity contribution in [2.45, 2.75) is 0 Å². The van der Waals surface area contributed by atoms with Crippen LogP contribution in [-0.4, -0.2) is 60.1 Å². The van der Waals surface area contributed by atoms with E-state index in [0.717, 1.165) is 38.4 Å². The van der Waals surface area contributed by atoms with Crippen LogP contribution in [0.1, 0.15) is 0 Å². The van der Waals surface area contributed by atoms with Gasteiger partial charge >= 0.3 is 6.03 Å². The fourth-order valence-electron chi connectivity index (χ4n) is 2.00. The van der Waals surface area contributed by atoms with Gasteiger partial charge in [0.05, 0.1) is 11.9 Å². The average Bonchev–Trinajstić information content (AvgIpc) is 2.41.